The van der Waals surface area contributed by atoms with E-state index in [2.05, 4.69) is 9.84 Å². The summed E-state index contributed by atoms with van der Waals surface area (Å²) < 4.78 is 5.78. The van der Waals surface area contributed by atoms with Crippen LogP contribution in [0.1, 0.15) is 29.5 Å². The molecule has 7 nitrogen and oxygen atoms in total. The summed E-state index contributed by atoms with van der Waals surface area (Å²) in [4.78, 5) is 24.1. The van der Waals surface area contributed by atoms with Crippen LogP contribution < -0.4 is 0 Å². The number of esters is 1. The molecule has 0 bridgehead atoms. The molecule has 1 aromatic rings. The first-order valence-electron chi connectivity index (χ1n) is 6.26. The van der Waals surface area contributed by atoms with Crippen molar-refractivity contribution < 1.29 is 14.3 Å². The molecule has 0 N–H and O–H groups in total. The number of hydrogen-bond donors (Lipinski definition) is 0. The summed E-state index contributed by atoms with van der Waals surface area (Å²) >= 11 is 0. The number of ether oxygens (including phenoxy) is 1. The van der Waals surface area contributed by atoms with Crippen molar-refractivity contribution in [1.82, 2.24) is 9.78 Å². The Balaban J connectivity index is 3.12. The van der Waals surface area contributed by atoms with Gasteiger partial charge in [-0.1, -0.05) is 0 Å². The number of nitriles is 2. The molecule has 7 heteroatoms. The van der Waals surface area contributed by atoms with Crippen molar-refractivity contribution in [2.45, 2.75) is 27.2 Å². The van der Waals surface area contributed by atoms with Gasteiger partial charge in [0.1, 0.15) is 0 Å². The van der Waals surface area contributed by atoms with Crippen LogP contribution in [0.4, 0.5) is 0 Å². The van der Waals surface area contributed by atoms with E-state index in [-0.39, 0.29) is 6.42 Å². The van der Waals surface area contributed by atoms with Crippen molar-refractivity contribution >= 4 is 11.9 Å². The SMILES string of the molecule is COC(=O)[C@@H](CC(=O)n1nc(C)cc1C)C(C)(C#N)C#N. The van der Waals surface area contributed by atoms with E-state index < -0.39 is 23.2 Å². The maximum Gasteiger partial charge on any atom is 0.311 e. The van der Waals surface area contributed by atoms with Gasteiger partial charge in [-0.05, 0) is 26.8 Å². The Kier molecular flexibility index (Phi) is 4.83. The summed E-state index contributed by atoms with van der Waals surface area (Å²) in [7, 11) is 1.15. The number of aromatic nitrogens is 2. The molecular weight excluding hydrogens is 272 g/mol. The summed E-state index contributed by atoms with van der Waals surface area (Å²) in [6.07, 6.45) is -0.327. The molecule has 21 heavy (non-hydrogen) atoms. The van der Waals surface area contributed by atoms with E-state index in [0.29, 0.717) is 11.4 Å². The second kappa shape index (κ2) is 6.19. The Hall–Kier alpha value is -2.67. The monoisotopic (exact) mass is 288 g/mol. The predicted octanol–water partition coefficient (Wildman–Crippen LogP) is 1.37. The van der Waals surface area contributed by atoms with Crippen LogP contribution in [0.3, 0.4) is 0 Å². The molecule has 0 amide bonds. The van der Waals surface area contributed by atoms with Gasteiger partial charge < -0.3 is 4.74 Å². The molecule has 110 valence electrons. The van der Waals surface area contributed by atoms with Crippen LogP contribution in [0.15, 0.2) is 6.07 Å². The maximum absolute atomic E-state index is 12.3. The average molecular weight is 288 g/mol. The molecule has 0 aliphatic carbocycles. The topological polar surface area (TPSA) is 109 Å². The molecule has 0 saturated carbocycles. The third-order valence-corrected chi connectivity index (χ3v) is 3.27. The molecule has 0 aliphatic rings. The summed E-state index contributed by atoms with van der Waals surface area (Å²) in [6, 6.07) is 5.27. The van der Waals surface area contributed by atoms with Crippen LogP contribution in [-0.4, -0.2) is 28.8 Å². The zero-order chi connectivity index (χ0) is 16.2. The van der Waals surface area contributed by atoms with Crippen LogP contribution in [0.2, 0.25) is 0 Å². The fraction of sp³-hybridized carbons (Fsp3) is 0.500. The minimum absolute atomic E-state index is 0.327. The van der Waals surface area contributed by atoms with Gasteiger partial charge in [0, 0.05) is 12.1 Å². The van der Waals surface area contributed by atoms with Crippen molar-refractivity contribution in [2.75, 3.05) is 7.11 Å². The lowest BCUT2D eigenvalue weighted by Gasteiger charge is -2.22. The fourth-order valence-electron chi connectivity index (χ4n) is 1.99. The Morgan fingerprint density at radius 2 is 2.00 bits per heavy atom. The molecule has 1 aromatic heterocycles. The number of rotatable bonds is 4. The van der Waals surface area contributed by atoms with Crippen molar-refractivity contribution in [3.63, 3.8) is 0 Å². The highest BCUT2D eigenvalue weighted by Gasteiger charge is 2.42. The smallest absolute Gasteiger partial charge is 0.311 e. The maximum atomic E-state index is 12.3. The molecule has 0 fully saturated rings. The second-order valence-corrected chi connectivity index (χ2v) is 4.94. The Labute approximate surface area is 122 Å². The lowest BCUT2D eigenvalue weighted by Crippen LogP contribution is -2.35. The Bertz CT molecular complexity index is 634. The third kappa shape index (κ3) is 3.26. The molecule has 0 spiro atoms. The second-order valence-electron chi connectivity index (χ2n) is 4.94. The Morgan fingerprint density at radius 1 is 1.43 bits per heavy atom. The first kappa shape index (κ1) is 16.4. The first-order valence-corrected chi connectivity index (χ1v) is 6.26. The predicted molar refractivity (Wildman–Crippen MR) is 71.8 cm³/mol. The van der Waals surface area contributed by atoms with Crippen molar-refractivity contribution in [3.05, 3.63) is 17.5 Å². The van der Waals surface area contributed by atoms with Crippen LogP contribution in [0.5, 0.6) is 0 Å². The minimum Gasteiger partial charge on any atom is -0.469 e. The van der Waals surface area contributed by atoms with E-state index in [1.807, 2.05) is 0 Å². The highest BCUT2D eigenvalue weighted by atomic mass is 16.5. The van der Waals surface area contributed by atoms with Gasteiger partial charge in [0.25, 0.3) is 0 Å². The molecule has 0 aliphatic heterocycles. The van der Waals surface area contributed by atoms with Crippen LogP contribution in [0.25, 0.3) is 0 Å². The number of aryl methyl sites for hydroxylation is 2. The fourth-order valence-corrected chi connectivity index (χ4v) is 1.99. The van der Waals surface area contributed by atoms with Crippen molar-refractivity contribution in [2.24, 2.45) is 11.3 Å². The van der Waals surface area contributed by atoms with Gasteiger partial charge in [0.2, 0.25) is 5.91 Å². The van der Waals surface area contributed by atoms with Crippen LogP contribution in [0, 0.1) is 47.8 Å². The molecule has 0 aromatic carbocycles. The standard InChI is InChI=1S/C14H16N4O3/c1-9-5-10(2)18(17-9)12(19)6-11(13(20)21-4)14(3,7-15)8-16/h5,11H,6H2,1-4H3/t11-/m1/s1. The summed E-state index contributed by atoms with van der Waals surface area (Å²) in [5.74, 6) is -2.41. The van der Waals surface area contributed by atoms with Crippen molar-refractivity contribution in [1.29, 1.82) is 10.5 Å². The highest BCUT2D eigenvalue weighted by Crippen LogP contribution is 2.30. The van der Waals surface area contributed by atoms with E-state index >= 15 is 0 Å². The lowest BCUT2D eigenvalue weighted by molar-refractivity contribution is -0.147. The molecule has 1 rings (SSSR count). The number of nitrogens with zero attached hydrogens (tertiary/aromatic N) is 4. The van der Waals surface area contributed by atoms with E-state index in [4.69, 9.17) is 10.5 Å². The van der Waals surface area contributed by atoms with Crippen LogP contribution >= 0.6 is 0 Å². The zero-order valence-corrected chi connectivity index (χ0v) is 12.4. The quantitative estimate of drug-likeness (QED) is 0.774. The van der Waals surface area contributed by atoms with E-state index in [1.165, 1.54) is 11.6 Å². The molecule has 0 saturated heterocycles. The largest absolute Gasteiger partial charge is 0.469 e. The van der Waals surface area contributed by atoms with E-state index in [0.717, 1.165) is 7.11 Å². The van der Waals surface area contributed by atoms with Gasteiger partial charge in [-0.25, -0.2) is 4.68 Å². The van der Waals surface area contributed by atoms with Gasteiger partial charge in [-0.15, -0.1) is 0 Å². The van der Waals surface area contributed by atoms with Crippen LogP contribution in [-0.2, 0) is 9.53 Å². The van der Waals surface area contributed by atoms with Gasteiger partial charge in [0.05, 0.1) is 30.9 Å². The number of methoxy groups -OCH3 is 1. The average Bonchev–Trinajstić information content (AvgIpc) is 2.81. The summed E-state index contributed by atoms with van der Waals surface area (Å²) in [5, 5.41) is 22.3. The molecule has 0 unspecified atom stereocenters. The molecule has 1 atom stereocenters. The van der Waals surface area contributed by atoms with E-state index in [1.54, 1.807) is 32.1 Å². The lowest BCUT2D eigenvalue weighted by atomic mass is 9.77. The summed E-state index contributed by atoms with van der Waals surface area (Å²) in [6.45, 7) is 4.76. The van der Waals surface area contributed by atoms with Gasteiger partial charge >= 0.3 is 5.97 Å². The molecular formula is C14H16N4O3. The van der Waals surface area contributed by atoms with Gasteiger partial charge in [-0.2, -0.15) is 15.6 Å². The molecule has 0 radical (unpaired) electrons. The minimum atomic E-state index is -1.64. The Morgan fingerprint density at radius 3 is 2.38 bits per heavy atom. The van der Waals surface area contributed by atoms with Crippen molar-refractivity contribution in [3.8, 4) is 12.1 Å². The highest BCUT2D eigenvalue weighted by molar-refractivity contribution is 5.85. The number of hydrogen-bond acceptors (Lipinski definition) is 6. The van der Waals surface area contributed by atoms with Gasteiger partial charge in [-0.3, -0.25) is 9.59 Å². The zero-order valence-electron chi connectivity index (χ0n) is 12.4. The normalized spacial score (nSPS) is 12.1. The third-order valence-electron chi connectivity index (χ3n) is 3.27. The molecule has 1 heterocycles. The summed E-state index contributed by atoms with van der Waals surface area (Å²) in [5.41, 5.74) is -0.352. The number of carbonyl (C=O) groups excluding carboxylic acids is 2. The van der Waals surface area contributed by atoms with Gasteiger partial charge in [0.15, 0.2) is 5.41 Å². The number of carbonyl (C=O) groups is 2. The van der Waals surface area contributed by atoms with E-state index in [9.17, 15) is 9.59 Å². The first-order chi connectivity index (χ1) is 9.78.